The lowest BCUT2D eigenvalue weighted by Crippen LogP contribution is -2.15. The molecule has 0 atom stereocenters. The maximum absolute atomic E-state index is 2.54. The van der Waals surface area contributed by atoms with Crippen LogP contribution in [0.15, 0.2) is 194 Å². The molecule has 10 aromatic rings. The molecule has 0 saturated heterocycles. The van der Waals surface area contributed by atoms with E-state index in [-0.39, 0.29) is 5.41 Å². The highest BCUT2D eigenvalue weighted by molar-refractivity contribution is 6.25. The van der Waals surface area contributed by atoms with Crippen molar-refractivity contribution < 1.29 is 0 Å². The Morgan fingerprint density at radius 3 is 1.58 bits per heavy atom. The van der Waals surface area contributed by atoms with Gasteiger partial charge in [0.15, 0.2) is 0 Å². The quantitative estimate of drug-likeness (QED) is 0.161. The van der Waals surface area contributed by atoms with Crippen LogP contribution in [-0.2, 0) is 5.41 Å². The Balaban J connectivity index is 1.24. The van der Waals surface area contributed by atoms with Gasteiger partial charge in [0.25, 0.3) is 0 Å². The lowest BCUT2D eigenvalue weighted by atomic mass is 9.78. The molecular formula is C55H38. The van der Waals surface area contributed by atoms with Crippen LogP contribution < -0.4 is 0 Å². The molecule has 0 heterocycles. The van der Waals surface area contributed by atoms with E-state index in [1.54, 1.807) is 0 Å². The molecule has 0 amide bonds. The molecule has 0 nitrogen and oxygen atoms in total. The van der Waals surface area contributed by atoms with Gasteiger partial charge in [-0.2, -0.15) is 0 Å². The van der Waals surface area contributed by atoms with Crippen LogP contribution in [-0.4, -0.2) is 0 Å². The average molecular weight is 699 g/mol. The summed E-state index contributed by atoms with van der Waals surface area (Å²) in [6.45, 7) is 4.79. The summed E-state index contributed by atoms with van der Waals surface area (Å²) in [7, 11) is 0. The molecule has 0 N–H and O–H groups in total. The Bertz CT molecular complexity index is 3140. The normalized spacial score (nSPS) is 13.1. The number of benzene rings is 10. The van der Waals surface area contributed by atoms with Gasteiger partial charge in [0, 0.05) is 5.41 Å². The van der Waals surface area contributed by atoms with Crippen LogP contribution in [0, 0.1) is 0 Å². The number of hydrogen-bond donors (Lipinski definition) is 0. The molecule has 0 heteroatoms. The van der Waals surface area contributed by atoms with Crippen molar-refractivity contribution in [3.63, 3.8) is 0 Å². The van der Waals surface area contributed by atoms with E-state index in [1.807, 2.05) is 0 Å². The van der Waals surface area contributed by atoms with Crippen LogP contribution in [0.5, 0.6) is 0 Å². The Hall–Kier alpha value is -6.76. The van der Waals surface area contributed by atoms with Gasteiger partial charge in [0.05, 0.1) is 0 Å². The number of rotatable bonds is 4. The van der Waals surface area contributed by atoms with Crippen molar-refractivity contribution in [2.24, 2.45) is 0 Å². The van der Waals surface area contributed by atoms with Crippen molar-refractivity contribution in [3.05, 3.63) is 205 Å². The predicted octanol–water partition coefficient (Wildman–Crippen LogP) is 15.3. The first-order chi connectivity index (χ1) is 27.0. The van der Waals surface area contributed by atoms with Crippen LogP contribution >= 0.6 is 0 Å². The molecule has 55 heavy (non-hydrogen) atoms. The Labute approximate surface area is 322 Å². The van der Waals surface area contributed by atoms with E-state index in [0.717, 1.165) is 0 Å². The summed E-state index contributed by atoms with van der Waals surface area (Å²) >= 11 is 0. The predicted molar refractivity (Wildman–Crippen MR) is 236 cm³/mol. The van der Waals surface area contributed by atoms with Gasteiger partial charge in [0.1, 0.15) is 0 Å². The lowest BCUT2D eigenvalue weighted by molar-refractivity contribution is 0.661. The summed E-state index contributed by atoms with van der Waals surface area (Å²) in [5, 5.41) is 10.2. The molecule has 0 saturated carbocycles. The lowest BCUT2D eigenvalue weighted by Gasteiger charge is -2.24. The second-order valence-corrected chi connectivity index (χ2v) is 15.6. The molecule has 0 aromatic heterocycles. The zero-order valence-corrected chi connectivity index (χ0v) is 31.0. The van der Waals surface area contributed by atoms with E-state index >= 15 is 0 Å². The van der Waals surface area contributed by atoms with E-state index in [0.29, 0.717) is 0 Å². The Morgan fingerprint density at radius 1 is 0.273 bits per heavy atom. The van der Waals surface area contributed by atoms with E-state index in [2.05, 4.69) is 208 Å². The Kier molecular flexibility index (Phi) is 7.00. The van der Waals surface area contributed by atoms with Gasteiger partial charge >= 0.3 is 0 Å². The molecule has 0 spiro atoms. The van der Waals surface area contributed by atoms with Crippen LogP contribution in [0.4, 0.5) is 0 Å². The highest BCUT2D eigenvalue weighted by Gasteiger charge is 2.37. The highest BCUT2D eigenvalue weighted by atomic mass is 14.4. The van der Waals surface area contributed by atoms with Crippen LogP contribution in [0.3, 0.4) is 0 Å². The SMILES string of the molecule is CC1(C)c2ccccc2-c2c1cc(-c1c3ccccc3c(-c3ccc(-c4ccccc4)cc3)c3ccc(-c4ccc5ccccc5c4)cc13)c1ccccc21. The zero-order chi connectivity index (χ0) is 36.7. The number of fused-ring (bicyclic) bond motifs is 8. The molecule has 1 aliphatic rings. The fraction of sp³-hybridized carbons (Fsp3) is 0.0545. The average Bonchev–Trinajstić information content (AvgIpc) is 3.48. The minimum absolute atomic E-state index is 0.132. The minimum Gasteiger partial charge on any atom is -0.0622 e. The van der Waals surface area contributed by atoms with Gasteiger partial charge in [-0.1, -0.05) is 190 Å². The largest absolute Gasteiger partial charge is 0.0622 e. The third kappa shape index (κ3) is 4.85. The van der Waals surface area contributed by atoms with Crippen molar-refractivity contribution in [2.45, 2.75) is 19.3 Å². The smallest absolute Gasteiger partial charge is 0.0159 e. The van der Waals surface area contributed by atoms with Crippen molar-refractivity contribution in [1.29, 1.82) is 0 Å². The highest BCUT2D eigenvalue weighted by Crippen LogP contribution is 2.55. The van der Waals surface area contributed by atoms with Crippen molar-refractivity contribution in [3.8, 4) is 55.6 Å². The van der Waals surface area contributed by atoms with Crippen LogP contribution in [0.25, 0.3) is 98.7 Å². The summed E-state index contributed by atoms with van der Waals surface area (Å²) in [5.74, 6) is 0. The topological polar surface area (TPSA) is 0 Å². The van der Waals surface area contributed by atoms with Gasteiger partial charge in [-0.25, -0.2) is 0 Å². The van der Waals surface area contributed by atoms with Gasteiger partial charge in [-0.3, -0.25) is 0 Å². The summed E-state index contributed by atoms with van der Waals surface area (Å²) in [6.07, 6.45) is 0. The summed E-state index contributed by atoms with van der Waals surface area (Å²) in [5.41, 5.74) is 15.4. The standard InChI is InChI=1S/C55H38/c1-55(2)50-23-13-12-22-47(50)54-43-19-9-8-18-42(43)49(34-51(54)55)53-45-21-11-10-20-44(45)52(38-27-24-37(25-28-38)35-14-4-3-5-15-35)46-31-30-41(33-48(46)53)40-29-26-36-16-6-7-17-39(36)32-40/h3-34H,1-2H3. The fourth-order valence-electron chi connectivity index (χ4n) is 9.54. The fourth-order valence-corrected chi connectivity index (χ4v) is 9.54. The zero-order valence-electron chi connectivity index (χ0n) is 31.0. The van der Waals surface area contributed by atoms with Crippen LogP contribution in [0.2, 0.25) is 0 Å². The van der Waals surface area contributed by atoms with E-state index in [9.17, 15) is 0 Å². The summed E-state index contributed by atoms with van der Waals surface area (Å²) < 4.78 is 0. The number of hydrogen-bond acceptors (Lipinski definition) is 0. The molecule has 258 valence electrons. The maximum atomic E-state index is 2.54. The molecule has 0 unspecified atom stereocenters. The van der Waals surface area contributed by atoms with E-state index < -0.39 is 0 Å². The second kappa shape index (κ2) is 12.1. The van der Waals surface area contributed by atoms with Crippen LogP contribution in [0.1, 0.15) is 25.0 Å². The van der Waals surface area contributed by atoms with Gasteiger partial charge in [-0.15, -0.1) is 0 Å². The first-order valence-corrected chi connectivity index (χ1v) is 19.3. The van der Waals surface area contributed by atoms with E-state index in [4.69, 9.17) is 0 Å². The van der Waals surface area contributed by atoms with Crippen molar-refractivity contribution in [1.82, 2.24) is 0 Å². The van der Waals surface area contributed by atoms with Gasteiger partial charge in [0.2, 0.25) is 0 Å². The third-order valence-corrected chi connectivity index (χ3v) is 12.2. The molecule has 0 bridgehead atoms. The van der Waals surface area contributed by atoms with Gasteiger partial charge < -0.3 is 0 Å². The maximum Gasteiger partial charge on any atom is 0.0159 e. The molecule has 0 fully saturated rings. The molecule has 1 aliphatic carbocycles. The third-order valence-electron chi connectivity index (χ3n) is 12.2. The molecule has 0 aliphatic heterocycles. The summed E-state index contributed by atoms with van der Waals surface area (Å²) in [4.78, 5) is 0. The van der Waals surface area contributed by atoms with Crippen molar-refractivity contribution >= 4 is 43.1 Å². The Morgan fingerprint density at radius 2 is 0.800 bits per heavy atom. The molecule has 11 rings (SSSR count). The first-order valence-electron chi connectivity index (χ1n) is 19.3. The van der Waals surface area contributed by atoms with Crippen molar-refractivity contribution in [2.75, 3.05) is 0 Å². The molecular weight excluding hydrogens is 661 g/mol. The second-order valence-electron chi connectivity index (χ2n) is 15.6. The molecule has 0 radical (unpaired) electrons. The molecule has 10 aromatic carbocycles. The van der Waals surface area contributed by atoms with Gasteiger partial charge in [-0.05, 0) is 128 Å². The monoisotopic (exact) mass is 698 g/mol. The first kappa shape index (κ1) is 31.7. The minimum atomic E-state index is -0.132. The summed E-state index contributed by atoms with van der Waals surface area (Å²) in [6, 6.07) is 72.2. The van der Waals surface area contributed by atoms with E-state index in [1.165, 1.54) is 110 Å².